The van der Waals surface area contributed by atoms with Crippen LogP contribution in [0.3, 0.4) is 0 Å². The first-order valence-corrected chi connectivity index (χ1v) is 18.1. The highest BCUT2D eigenvalue weighted by Crippen LogP contribution is 2.27. The summed E-state index contributed by atoms with van der Waals surface area (Å²) in [5, 5.41) is 2.98. The summed E-state index contributed by atoms with van der Waals surface area (Å²) >= 11 is 5.02. The fraction of sp³-hybridized carbons (Fsp3) is 0.257. The van der Waals surface area contributed by atoms with Gasteiger partial charge in [0.15, 0.2) is 0 Å². The molecule has 0 aliphatic carbocycles. The molecular weight excluding hydrogens is 670 g/mol. The number of thioether (sulfide) groups is 1. The molecule has 0 spiro atoms. The van der Waals surface area contributed by atoms with Crippen molar-refractivity contribution >= 4 is 55.2 Å². The molecule has 0 fully saturated rings. The third kappa shape index (κ3) is 9.22. The number of amides is 2. The number of anilines is 1. The number of hydrogen-bond donors (Lipinski definition) is 1. The second-order valence-corrected chi connectivity index (χ2v) is 14.7. The summed E-state index contributed by atoms with van der Waals surface area (Å²) in [5.41, 5.74) is 2.99. The summed E-state index contributed by atoms with van der Waals surface area (Å²) < 4.78 is 30.3. The van der Waals surface area contributed by atoms with Crippen molar-refractivity contribution in [3.8, 4) is 0 Å². The van der Waals surface area contributed by atoms with E-state index in [9.17, 15) is 18.0 Å². The van der Waals surface area contributed by atoms with Crippen LogP contribution in [0.4, 0.5) is 5.69 Å². The fourth-order valence-corrected chi connectivity index (χ4v) is 7.15. The fourth-order valence-electron chi connectivity index (χ4n) is 4.88. The molecule has 236 valence electrons. The Morgan fingerprint density at radius 2 is 1.51 bits per heavy atom. The van der Waals surface area contributed by atoms with E-state index in [4.69, 9.17) is 0 Å². The van der Waals surface area contributed by atoms with Crippen LogP contribution >= 0.6 is 27.7 Å². The zero-order valence-corrected chi connectivity index (χ0v) is 29.0. The Labute approximate surface area is 279 Å². The molecule has 7 nitrogen and oxygen atoms in total. The number of nitrogens with one attached hydrogen (secondary N) is 1. The monoisotopic (exact) mass is 707 g/mol. The Balaban J connectivity index is 1.80. The average molecular weight is 709 g/mol. The van der Waals surface area contributed by atoms with E-state index < -0.39 is 28.5 Å². The van der Waals surface area contributed by atoms with Crippen LogP contribution in [0.5, 0.6) is 0 Å². The quantitative estimate of drug-likeness (QED) is 0.154. The number of sulfonamides is 1. The van der Waals surface area contributed by atoms with Crippen molar-refractivity contribution in [2.75, 3.05) is 17.1 Å². The van der Waals surface area contributed by atoms with Gasteiger partial charge in [-0.3, -0.25) is 13.9 Å². The number of benzene rings is 4. The summed E-state index contributed by atoms with van der Waals surface area (Å²) in [4.78, 5) is 30.8. The number of hydrogen-bond acceptors (Lipinski definition) is 5. The van der Waals surface area contributed by atoms with E-state index in [1.807, 2.05) is 93.8 Å². The lowest BCUT2D eigenvalue weighted by molar-refractivity contribution is -0.140. The predicted molar refractivity (Wildman–Crippen MR) is 186 cm³/mol. The molecule has 45 heavy (non-hydrogen) atoms. The van der Waals surface area contributed by atoms with Crippen LogP contribution in [-0.4, -0.2) is 50.0 Å². The van der Waals surface area contributed by atoms with Gasteiger partial charge < -0.3 is 10.2 Å². The maximum atomic E-state index is 14.5. The molecule has 0 aromatic heterocycles. The average Bonchev–Trinajstić information content (AvgIpc) is 3.02. The second-order valence-electron chi connectivity index (χ2n) is 11.0. The highest BCUT2D eigenvalue weighted by molar-refractivity contribution is 9.10. The van der Waals surface area contributed by atoms with Crippen molar-refractivity contribution in [3.63, 3.8) is 0 Å². The number of rotatable bonds is 13. The maximum Gasteiger partial charge on any atom is 0.264 e. The molecule has 0 aliphatic heterocycles. The van der Waals surface area contributed by atoms with Crippen LogP contribution in [0.15, 0.2) is 117 Å². The van der Waals surface area contributed by atoms with Crippen molar-refractivity contribution in [1.82, 2.24) is 10.2 Å². The number of carbonyl (C=O) groups is 2. The Morgan fingerprint density at radius 1 is 0.867 bits per heavy atom. The van der Waals surface area contributed by atoms with Gasteiger partial charge in [-0.25, -0.2) is 8.42 Å². The summed E-state index contributed by atoms with van der Waals surface area (Å²) in [5.74, 6) is -0.811. The number of halogens is 1. The third-order valence-corrected chi connectivity index (χ3v) is 10.2. The minimum absolute atomic E-state index is 0.0746. The minimum Gasteiger partial charge on any atom is -0.352 e. The van der Waals surface area contributed by atoms with Gasteiger partial charge in [0.2, 0.25) is 11.8 Å². The standard InChI is InChI=1S/C35H38BrN3O4S2/c1-25(2)37-35(41)33(22-27-9-6-5-7-10-27)38(23-28-11-8-12-29(36)21-28)34(40)24-39(30-15-13-26(3)14-16-30)45(42,43)32-19-17-31(44-4)18-20-32/h5-21,25,33H,22-24H2,1-4H3,(H,37,41)/t33-/m1/s1. The molecule has 0 aliphatic rings. The zero-order valence-electron chi connectivity index (χ0n) is 25.8. The Morgan fingerprint density at radius 3 is 2.11 bits per heavy atom. The van der Waals surface area contributed by atoms with E-state index in [1.54, 1.807) is 36.4 Å². The normalized spacial score (nSPS) is 12.0. The molecule has 0 saturated carbocycles. The molecule has 0 unspecified atom stereocenters. The molecule has 0 heterocycles. The summed E-state index contributed by atoms with van der Waals surface area (Å²) in [6, 6.07) is 29.6. The highest BCUT2D eigenvalue weighted by Gasteiger charge is 2.34. The number of aryl methyl sites for hydroxylation is 1. The molecule has 4 rings (SSSR count). The van der Waals surface area contributed by atoms with Crippen LogP contribution in [0.25, 0.3) is 0 Å². The SMILES string of the molecule is CSc1ccc(S(=O)(=O)N(CC(=O)N(Cc2cccc(Br)c2)[C@H](Cc2ccccc2)C(=O)NC(C)C)c2ccc(C)cc2)cc1. The molecule has 0 saturated heterocycles. The zero-order chi connectivity index (χ0) is 32.6. The van der Waals surface area contributed by atoms with Crippen LogP contribution in [0.2, 0.25) is 0 Å². The molecule has 0 bridgehead atoms. The van der Waals surface area contributed by atoms with Crippen LogP contribution < -0.4 is 9.62 Å². The first-order valence-electron chi connectivity index (χ1n) is 14.6. The van der Waals surface area contributed by atoms with Gasteiger partial charge in [0.1, 0.15) is 12.6 Å². The van der Waals surface area contributed by atoms with Gasteiger partial charge in [-0.1, -0.05) is 76.1 Å². The van der Waals surface area contributed by atoms with Gasteiger partial charge >= 0.3 is 0 Å². The number of nitrogens with zero attached hydrogens (tertiary/aromatic N) is 2. The van der Waals surface area contributed by atoms with E-state index in [-0.39, 0.29) is 29.8 Å². The van der Waals surface area contributed by atoms with Crippen LogP contribution in [0, 0.1) is 6.92 Å². The largest absolute Gasteiger partial charge is 0.352 e. The van der Waals surface area contributed by atoms with Crippen LogP contribution in [-0.2, 0) is 32.6 Å². The highest BCUT2D eigenvalue weighted by atomic mass is 79.9. The molecule has 0 radical (unpaired) electrons. The smallest absolute Gasteiger partial charge is 0.264 e. The Hall–Kier alpha value is -3.60. The summed E-state index contributed by atoms with van der Waals surface area (Å²) in [7, 11) is -4.16. The van der Waals surface area contributed by atoms with Crippen molar-refractivity contribution < 1.29 is 18.0 Å². The molecule has 4 aromatic rings. The maximum absolute atomic E-state index is 14.5. The lowest BCUT2D eigenvalue weighted by atomic mass is 10.0. The van der Waals surface area contributed by atoms with Crippen LogP contribution in [0.1, 0.15) is 30.5 Å². The van der Waals surface area contributed by atoms with Gasteiger partial charge in [0.25, 0.3) is 10.0 Å². The lowest BCUT2D eigenvalue weighted by Crippen LogP contribution is -2.54. The third-order valence-electron chi connectivity index (χ3n) is 7.19. The van der Waals surface area contributed by atoms with E-state index in [2.05, 4.69) is 21.2 Å². The van der Waals surface area contributed by atoms with E-state index in [1.165, 1.54) is 16.7 Å². The molecule has 4 aromatic carbocycles. The topological polar surface area (TPSA) is 86.8 Å². The predicted octanol–water partition coefficient (Wildman–Crippen LogP) is 6.84. The second kappa shape index (κ2) is 15.6. The first kappa shape index (κ1) is 34.3. The summed E-state index contributed by atoms with van der Waals surface area (Å²) in [6.45, 7) is 5.25. The molecule has 1 atom stereocenters. The van der Waals surface area contributed by atoms with Gasteiger partial charge in [0.05, 0.1) is 10.6 Å². The Bertz CT molecular complexity index is 1700. The van der Waals surface area contributed by atoms with E-state index >= 15 is 0 Å². The Kier molecular flexibility index (Phi) is 11.9. The summed E-state index contributed by atoms with van der Waals surface area (Å²) in [6.07, 6.45) is 2.18. The van der Waals surface area contributed by atoms with Gasteiger partial charge in [-0.15, -0.1) is 11.8 Å². The lowest BCUT2D eigenvalue weighted by Gasteiger charge is -2.34. The molecule has 1 N–H and O–H groups in total. The first-order chi connectivity index (χ1) is 21.5. The van der Waals surface area contributed by atoms with Gasteiger partial charge in [-0.2, -0.15) is 0 Å². The minimum atomic E-state index is -4.16. The number of carbonyl (C=O) groups excluding carboxylic acids is 2. The van der Waals surface area contributed by atoms with Crippen molar-refractivity contribution in [2.24, 2.45) is 0 Å². The molecular formula is C35H38BrN3O4S2. The van der Waals surface area contributed by atoms with Crippen molar-refractivity contribution in [1.29, 1.82) is 0 Å². The van der Waals surface area contributed by atoms with Gasteiger partial charge in [0, 0.05) is 28.4 Å². The van der Waals surface area contributed by atoms with Crippen molar-refractivity contribution in [3.05, 3.63) is 124 Å². The van der Waals surface area contributed by atoms with Crippen molar-refractivity contribution in [2.45, 2.75) is 55.6 Å². The molecule has 10 heteroatoms. The van der Waals surface area contributed by atoms with E-state index in [0.717, 1.165) is 30.4 Å². The van der Waals surface area contributed by atoms with Gasteiger partial charge in [-0.05, 0) is 86.7 Å². The van der Waals surface area contributed by atoms with E-state index in [0.29, 0.717) is 5.69 Å². The molecule has 2 amide bonds.